The highest BCUT2D eigenvalue weighted by atomic mass is 16.6. The first-order valence-corrected chi connectivity index (χ1v) is 18.7. The van der Waals surface area contributed by atoms with Gasteiger partial charge in [-0.2, -0.15) is 0 Å². The molecule has 4 nitrogen and oxygen atoms in total. The fourth-order valence-electron chi connectivity index (χ4n) is 8.54. The molecule has 0 radical (unpaired) electrons. The van der Waals surface area contributed by atoms with Crippen LogP contribution in [0.15, 0.2) is 180 Å². The van der Waals surface area contributed by atoms with Crippen LogP contribution in [0.3, 0.4) is 0 Å². The van der Waals surface area contributed by atoms with E-state index >= 15 is 0 Å². The van der Waals surface area contributed by atoms with Crippen LogP contribution in [0.5, 0.6) is 23.0 Å². The second kappa shape index (κ2) is 12.0. The van der Waals surface area contributed by atoms with Crippen LogP contribution in [0.1, 0.15) is 25.0 Å². The van der Waals surface area contributed by atoms with Gasteiger partial charge in [0.2, 0.25) is 0 Å². The van der Waals surface area contributed by atoms with E-state index in [0.717, 1.165) is 73.1 Å². The highest BCUT2D eigenvalue weighted by Crippen LogP contribution is 2.54. The van der Waals surface area contributed by atoms with Crippen molar-refractivity contribution >= 4 is 39.0 Å². The lowest BCUT2D eigenvalue weighted by atomic mass is 9.81. The molecule has 9 aromatic rings. The van der Waals surface area contributed by atoms with Crippen molar-refractivity contribution in [1.29, 1.82) is 0 Å². The molecular weight excluding hydrogens is 675 g/mol. The zero-order chi connectivity index (χ0) is 36.7. The highest BCUT2D eigenvalue weighted by molar-refractivity contribution is 6.06. The average Bonchev–Trinajstić information content (AvgIpc) is 3.71. The zero-order valence-corrected chi connectivity index (χ0v) is 30.4. The topological polar surface area (TPSA) is 34.8 Å². The van der Waals surface area contributed by atoms with Gasteiger partial charge in [0, 0.05) is 44.9 Å². The fraction of sp³-hybridized carbons (Fsp3) is 0.0588. The van der Waals surface area contributed by atoms with E-state index in [4.69, 9.17) is 13.9 Å². The first-order chi connectivity index (χ1) is 27.0. The predicted octanol–water partition coefficient (Wildman–Crippen LogP) is 14.6. The van der Waals surface area contributed by atoms with Crippen LogP contribution < -0.4 is 14.4 Å². The summed E-state index contributed by atoms with van der Waals surface area (Å²) in [6, 6.07) is 61.9. The number of anilines is 3. The molecule has 1 aliphatic carbocycles. The first-order valence-electron chi connectivity index (χ1n) is 18.7. The highest BCUT2D eigenvalue weighted by Gasteiger charge is 2.37. The molecule has 1 aromatic heterocycles. The summed E-state index contributed by atoms with van der Waals surface area (Å²) >= 11 is 0. The number of ether oxygens (including phenoxy) is 2. The number of hydrogen-bond acceptors (Lipinski definition) is 4. The van der Waals surface area contributed by atoms with Crippen LogP contribution in [0.25, 0.3) is 55.3 Å². The van der Waals surface area contributed by atoms with Crippen molar-refractivity contribution in [1.82, 2.24) is 0 Å². The number of nitrogens with zero attached hydrogens (tertiary/aromatic N) is 1. The lowest BCUT2D eigenvalue weighted by molar-refractivity contribution is 0.361. The number of furan rings is 1. The van der Waals surface area contributed by atoms with Gasteiger partial charge in [-0.1, -0.05) is 117 Å². The van der Waals surface area contributed by atoms with E-state index in [1.807, 2.05) is 48.5 Å². The van der Waals surface area contributed by atoms with Crippen molar-refractivity contribution in [3.63, 3.8) is 0 Å². The summed E-state index contributed by atoms with van der Waals surface area (Å²) in [6.45, 7) is 4.67. The van der Waals surface area contributed by atoms with Crippen LogP contribution in [-0.2, 0) is 5.41 Å². The number of fused-ring (bicyclic) bond motifs is 8. The standard InChI is InChI=1S/C51H35NO3/c1-51(2)43-29-34(38-14-10-18-48-50(38)55-47-17-9-8-16-46(47)54-48)21-26-39(43)40-27-24-36(30-44(40)51)52(35-22-19-33(20-23-35)32-11-4-3-5-12-32)37-25-28-42-41-13-6-7-15-45(41)53-49(42)31-37/h3-31H,1-2H3. The maximum Gasteiger partial charge on any atom is 0.177 e. The molecule has 55 heavy (non-hydrogen) atoms. The monoisotopic (exact) mass is 709 g/mol. The molecule has 0 amide bonds. The molecule has 0 bridgehead atoms. The Labute approximate surface area is 319 Å². The van der Waals surface area contributed by atoms with Gasteiger partial charge < -0.3 is 18.8 Å². The summed E-state index contributed by atoms with van der Waals surface area (Å²) < 4.78 is 19.1. The van der Waals surface area contributed by atoms with Gasteiger partial charge >= 0.3 is 0 Å². The lowest BCUT2D eigenvalue weighted by Gasteiger charge is -2.28. The fourth-order valence-corrected chi connectivity index (χ4v) is 8.54. The van der Waals surface area contributed by atoms with E-state index in [1.54, 1.807) is 0 Å². The number of para-hydroxylation sites is 4. The van der Waals surface area contributed by atoms with E-state index in [0.29, 0.717) is 0 Å². The van der Waals surface area contributed by atoms with Crippen LogP contribution >= 0.6 is 0 Å². The molecule has 8 aromatic carbocycles. The van der Waals surface area contributed by atoms with Gasteiger partial charge in [0.25, 0.3) is 0 Å². The maximum atomic E-state index is 6.46. The Hall–Kier alpha value is -7.04. The van der Waals surface area contributed by atoms with Gasteiger partial charge in [-0.25, -0.2) is 0 Å². The van der Waals surface area contributed by atoms with Crippen molar-refractivity contribution < 1.29 is 13.9 Å². The summed E-state index contributed by atoms with van der Waals surface area (Å²) in [5, 5.41) is 2.24. The molecule has 0 spiro atoms. The lowest BCUT2D eigenvalue weighted by Crippen LogP contribution is -2.16. The van der Waals surface area contributed by atoms with Gasteiger partial charge in [0.15, 0.2) is 23.0 Å². The number of benzene rings is 8. The summed E-state index contributed by atoms with van der Waals surface area (Å²) in [4.78, 5) is 2.34. The Morgan fingerprint density at radius 3 is 1.84 bits per heavy atom. The molecule has 0 saturated carbocycles. The third kappa shape index (κ3) is 4.99. The second-order valence-corrected chi connectivity index (χ2v) is 14.9. The quantitative estimate of drug-likeness (QED) is 0.178. The molecule has 0 saturated heterocycles. The predicted molar refractivity (Wildman–Crippen MR) is 223 cm³/mol. The minimum atomic E-state index is -0.263. The molecule has 0 atom stereocenters. The van der Waals surface area contributed by atoms with E-state index in [1.165, 1.54) is 33.4 Å². The van der Waals surface area contributed by atoms with Crippen LogP contribution in [0.2, 0.25) is 0 Å². The zero-order valence-electron chi connectivity index (χ0n) is 30.4. The molecule has 0 unspecified atom stereocenters. The van der Waals surface area contributed by atoms with Crippen LogP contribution in [0, 0.1) is 0 Å². The maximum absolute atomic E-state index is 6.46. The molecule has 262 valence electrons. The van der Waals surface area contributed by atoms with Crippen molar-refractivity contribution in [3.8, 4) is 56.4 Å². The average molecular weight is 710 g/mol. The number of rotatable bonds is 5. The van der Waals surface area contributed by atoms with Crippen molar-refractivity contribution in [2.24, 2.45) is 0 Å². The van der Waals surface area contributed by atoms with E-state index in [9.17, 15) is 0 Å². The second-order valence-electron chi connectivity index (χ2n) is 14.9. The van der Waals surface area contributed by atoms with Gasteiger partial charge in [-0.05, 0) is 106 Å². The Morgan fingerprint density at radius 1 is 0.400 bits per heavy atom. The van der Waals surface area contributed by atoms with Gasteiger partial charge in [0.1, 0.15) is 11.2 Å². The van der Waals surface area contributed by atoms with Gasteiger partial charge in [-0.15, -0.1) is 0 Å². The SMILES string of the molecule is CC1(C)c2cc(-c3cccc4c3Oc3ccccc3O4)ccc2-c2ccc(N(c3ccc(-c4ccccc4)cc3)c3ccc4c(c3)oc3ccccc34)cc21. The van der Waals surface area contributed by atoms with E-state index in [-0.39, 0.29) is 5.41 Å². The normalized spacial score (nSPS) is 13.3. The van der Waals surface area contributed by atoms with Crippen molar-refractivity contribution in [2.45, 2.75) is 19.3 Å². The Balaban J connectivity index is 1.01. The molecule has 1 aliphatic heterocycles. The van der Waals surface area contributed by atoms with E-state index < -0.39 is 0 Å². The largest absolute Gasteiger partial charge is 0.456 e. The Bertz CT molecular complexity index is 2960. The van der Waals surface area contributed by atoms with Crippen LogP contribution in [-0.4, -0.2) is 0 Å². The molecule has 11 rings (SSSR count). The third-order valence-corrected chi connectivity index (χ3v) is 11.3. The van der Waals surface area contributed by atoms with Crippen molar-refractivity contribution in [2.75, 3.05) is 4.90 Å². The van der Waals surface area contributed by atoms with Gasteiger partial charge in [-0.3, -0.25) is 0 Å². The molecule has 0 fully saturated rings. The minimum absolute atomic E-state index is 0.263. The van der Waals surface area contributed by atoms with E-state index in [2.05, 4.69) is 146 Å². The van der Waals surface area contributed by atoms with Crippen molar-refractivity contribution in [3.05, 3.63) is 187 Å². The van der Waals surface area contributed by atoms with Crippen LogP contribution in [0.4, 0.5) is 17.1 Å². The molecular formula is C51H35NO3. The number of hydrogen-bond donors (Lipinski definition) is 0. The Morgan fingerprint density at radius 2 is 1.00 bits per heavy atom. The molecule has 0 N–H and O–H groups in total. The smallest absolute Gasteiger partial charge is 0.177 e. The molecule has 2 aliphatic rings. The summed E-state index contributed by atoms with van der Waals surface area (Å²) in [6.07, 6.45) is 0. The molecule has 4 heteroatoms. The first kappa shape index (κ1) is 31.5. The third-order valence-electron chi connectivity index (χ3n) is 11.3. The molecule has 2 heterocycles. The summed E-state index contributed by atoms with van der Waals surface area (Å²) in [5.74, 6) is 2.92. The summed E-state index contributed by atoms with van der Waals surface area (Å²) in [5.41, 5.74) is 14.3. The summed E-state index contributed by atoms with van der Waals surface area (Å²) in [7, 11) is 0. The minimum Gasteiger partial charge on any atom is -0.456 e. The van der Waals surface area contributed by atoms with Gasteiger partial charge in [0.05, 0.1) is 0 Å². The Kier molecular flexibility index (Phi) is 6.86.